The van der Waals surface area contributed by atoms with Crippen LogP contribution in [0.3, 0.4) is 0 Å². The van der Waals surface area contributed by atoms with Crippen molar-refractivity contribution in [1.29, 1.82) is 0 Å². The zero-order valence-electron chi connectivity index (χ0n) is 13.9. The number of ether oxygens (including phenoxy) is 1. The number of carbonyl (C=O) groups is 1. The van der Waals surface area contributed by atoms with E-state index < -0.39 is 0 Å². The first-order chi connectivity index (χ1) is 11.6. The van der Waals surface area contributed by atoms with Crippen LogP contribution in [0.1, 0.15) is 21.5 Å². The summed E-state index contributed by atoms with van der Waals surface area (Å²) in [4.78, 5) is 12.3. The average molecular weight is 323 g/mol. The quantitative estimate of drug-likeness (QED) is 0.458. The monoisotopic (exact) mass is 323 g/mol. The van der Waals surface area contributed by atoms with Gasteiger partial charge < -0.3 is 15.2 Å². The Morgan fingerprint density at radius 1 is 1.29 bits per heavy atom. The van der Waals surface area contributed by atoms with E-state index in [1.165, 1.54) is 13.2 Å². The van der Waals surface area contributed by atoms with E-state index in [0.717, 1.165) is 16.8 Å². The predicted molar refractivity (Wildman–Crippen MR) is 97.9 cm³/mol. The first kappa shape index (κ1) is 17.3. The number of hydrogen-bond donors (Lipinski definition) is 2. The lowest BCUT2D eigenvalue weighted by atomic mass is 10.0. The molecular weight excluding hydrogens is 302 g/mol. The maximum Gasteiger partial charge on any atom is 0.185 e. The highest BCUT2D eigenvalue weighted by Gasteiger charge is 2.08. The molecule has 0 aliphatic heterocycles. The molecule has 0 saturated heterocycles. The number of carbonyl (C=O) groups excluding carboxylic acids is 1. The van der Waals surface area contributed by atoms with E-state index >= 15 is 0 Å². The van der Waals surface area contributed by atoms with Crippen LogP contribution >= 0.6 is 0 Å². The minimum absolute atomic E-state index is 0.0990. The van der Waals surface area contributed by atoms with Gasteiger partial charge in [0.2, 0.25) is 0 Å². The smallest absolute Gasteiger partial charge is 0.185 e. The fourth-order valence-corrected chi connectivity index (χ4v) is 2.32. The summed E-state index contributed by atoms with van der Waals surface area (Å²) < 4.78 is 5.27. The standard InChI is InChI=1S/C20H21NO3/c1-4-5-15-12-16(20(24-3)13-19(15)23)8-11-18(22)14-6-9-17(21-2)10-7-14/h4,6-13,21,23H,1,5H2,2-3H3. The third-order valence-electron chi connectivity index (χ3n) is 3.67. The van der Waals surface area contributed by atoms with Crippen LogP contribution in [0.25, 0.3) is 6.08 Å². The molecule has 4 heteroatoms. The number of nitrogens with one attached hydrogen (secondary N) is 1. The zero-order valence-corrected chi connectivity index (χ0v) is 13.9. The van der Waals surface area contributed by atoms with Crippen LogP contribution in [0.4, 0.5) is 5.69 Å². The van der Waals surface area contributed by atoms with Crippen molar-refractivity contribution >= 4 is 17.5 Å². The molecule has 24 heavy (non-hydrogen) atoms. The summed E-state index contributed by atoms with van der Waals surface area (Å²) in [5, 5.41) is 13.0. The highest BCUT2D eigenvalue weighted by atomic mass is 16.5. The molecular formula is C20H21NO3. The molecule has 2 N–H and O–H groups in total. The highest BCUT2D eigenvalue weighted by Crippen LogP contribution is 2.29. The number of hydrogen-bond acceptors (Lipinski definition) is 4. The van der Waals surface area contributed by atoms with Gasteiger partial charge in [0, 0.05) is 29.9 Å². The van der Waals surface area contributed by atoms with E-state index in [9.17, 15) is 9.90 Å². The Balaban J connectivity index is 2.27. The second-order valence-electron chi connectivity index (χ2n) is 5.24. The first-order valence-corrected chi connectivity index (χ1v) is 7.60. The third kappa shape index (κ3) is 4.04. The Morgan fingerprint density at radius 2 is 2.00 bits per heavy atom. The number of ketones is 1. The summed E-state index contributed by atoms with van der Waals surface area (Å²) in [6, 6.07) is 10.6. The van der Waals surface area contributed by atoms with Gasteiger partial charge in [-0.15, -0.1) is 6.58 Å². The SMILES string of the molecule is C=CCc1cc(C=CC(=O)c2ccc(NC)cc2)c(OC)cc1O. The minimum atomic E-state index is -0.0990. The van der Waals surface area contributed by atoms with E-state index in [1.807, 2.05) is 19.2 Å². The molecule has 0 unspecified atom stereocenters. The number of aromatic hydroxyl groups is 1. The lowest BCUT2D eigenvalue weighted by Gasteiger charge is -2.09. The van der Waals surface area contributed by atoms with Crippen LogP contribution in [-0.2, 0) is 6.42 Å². The summed E-state index contributed by atoms with van der Waals surface area (Å²) in [6.07, 6.45) is 5.44. The summed E-state index contributed by atoms with van der Waals surface area (Å²) in [6.45, 7) is 3.68. The fourth-order valence-electron chi connectivity index (χ4n) is 2.32. The van der Waals surface area contributed by atoms with E-state index in [2.05, 4.69) is 11.9 Å². The molecule has 0 aliphatic carbocycles. The molecule has 124 valence electrons. The van der Waals surface area contributed by atoms with Crippen LogP contribution in [0.2, 0.25) is 0 Å². The lowest BCUT2D eigenvalue weighted by molar-refractivity contribution is 0.104. The third-order valence-corrected chi connectivity index (χ3v) is 3.67. The molecule has 4 nitrogen and oxygen atoms in total. The molecule has 0 atom stereocenters. The molecule has 2 aromatic carbocycles. The molecule has 2 aromatic rings. The summed E-state index contributed by atoms with van der Waals surface area (Å²) in [5.74, 6) is 0.561. The van der Waals surface area contributed by atoms with Crippen LogP contribution in [0.5, 0.6) is 11.5 Å². The van der Waals surface area contributed by atoms with Crippen LogP contribution in [-0.4, -0.2) is 25.0 Å². The maximum absolute atomic E-state index is 12.3. The Kier molecular flexibility index (Phi) is 5.79. The predicted octanol–water partition coefficient (Wildman–Crippen LogP) is 4.07. The van der Waals surface area contributed by atoms with Gasteiger partial charge in [-0.25, -0.2) is 0 Å². The fraction of sp³-hybridized carbons (Fsp3) is 0.150. The van der Waals surface area contributed by atoms with Crippen molar-refractivity contribution in [2.24, 2.45) is 0 Å². The number of phenols is 1. The molecule has 0 radical (unpaired) electrons. The Hall–Kier alpha value is -3.01. The van der Waals surface area contributed by atoms with Crippen LogP contribution in [0.15, 0.2) is 55.1 Å². The lowest BCUT2D eigenvalue weighted by Crippen LogP contribution is -1.96. The molecule has 0 heterocycles. The van der Waals surface area contributed by atoms with Gasteiger partial charge in [0.25, 0.3) is 0 Å². The molecule has 0 fully saturated rings. The molecule has 0 amide bonds. The highest BCUT2D eigenvalue weighted by molar-refractivity contribution is 6.07. The van der Waals surface area contributed by atoms with Gasteiger partial charge in [-0.3, -0.25) is 4.79 Å². The summed E-state index contributed by atoms with van der Waals surface area (Å²) >= 11 is 0. The van der Waals surface area contributed by atoms with Gasteiger partial charge in [0.15, 0.2) is 5.78 Å². The number of benzene rings is 2. The largest absolute Gasteiger partial charge is 0.508 e. The van der Waals surface area contributed by atoms with E-state index in [4.69, 9.17) is 4.74 Å². The van der Waals surface area contributed by atoms with Gasteiger partial charge in [-0.05, 0) is 54.5 Å². The average Bonchev–Trinajstić information content (AvgIpc) is 2.61. The van der Waals surface area contributed by atoms with E-state index in [1.54, 1.807) is 36.4 Å². The van der Waals surface area contributed by atoms with Gasteiger partial charge in [0.1, 0.15) is 11.5 Å². The molecule has 2 rings (SSSR count). The van der Waals surface area contributed by atoms with Gasteiger partial charge >= 0.3 is 0 Å². The van der Waals surface area contributed by atoms with E-state index in [-0.39, 0.29) is 11.5 Å². The van der Waals surface area contributed by atoms with Crippen LogP contribution in [0, 0.1) is 0 Å². The minimum Gasteiger partial charge on any atom is -0.508 e. The Bertz CT molecular complexity index is 761. The van der Waals surface area contributed by atoms with Crippen molar-refractivity contribution in [1.82, 2.24) is 0 Å². The Labute approximate surface area is 142 Å². The van der Waals surface area contributed by atoms with Crippen molar-refractivity contribution in [3.63, 3.8) is 0 Å². The van der Waals surface area contributed by atoms with Crippen LogP contribution < -0.4 is 10.1 Å². The summed E-state index contributed by atoms with van der Waals surface area (Å²) in [7, 11) is 3.35. The van der Waals surface area contributed by atoms with Crippen molar-refractivity contribution in [3.05, 3.63) is 71.8 Å². The van der Waals surface area contributed by atoms with Crippen molar-refractivity contribution < 1.29 is 14.6 Å². The summed E-state index contributed by atoms with van der Waals surface area (Å²) in [5.41, 5.74) is 3.02. The molecule has 0 bridgehead atoms. The van der Waals surface area contributed by atoms with Crippen molar-refractivity contribution in [2.75, 3.05) is 19.5 Å². The van der Waals surface area contributed by atoms with Gasteiger partial charge in [-0.1, -0.05) is 6.08 Å². The number of rotatable bonds is 7. The molecule has 0 aromatic heterocycles. The number of anilines is 1. The maximum atomic E-state index is 12.3. The normalized spacial score (nSPS) is 10.6. The van der Waals surface area contributed by atoms with Crippen molar-refractivity contribution in [3.8, 4) is 11.5 Å². The van der Waals surface area contributed by atoms with Gasteiger partial charge in [-0.2, -0.15) is 0 Å². The second kappa shape index (κ2) is 8.02. The number of methoxy groups -OCH3 is 1. The van der Waals surface area contributed by atoms with Crippen molar-refractivity contribution in [2.45, 2.75) is 6.42 Å². The topological polar surface area (TPSA) is 58.6 Å². The number of allylic oxidation sites excluding steroid dienone is 2. The zero-order chi connectivity index (χ0) is 17.5. The van der Waals surface area contributed by atoms with E-state index in [0.29, 0.717) is 17.7 Å². The second-order valence-corrected chi connectivity index (χ2v) is 5.24. The van der Waals surface area contributed by atoms with Gasteiger partial charge in [0.05, 0.1) is 7.11 Å². The Morgan fingerprint density at radius 3 is 2.58 bits per heavy atom. The molecule has 0 spiro atoms. The first-order valence-electron chi connectivity index (χ1n) is 7.60. The number of phenolic OH excluding ortho intramolecular Hbond substituents is 1. The molecule has 0 aliphatic rings. The molecule has 0 saturated carbocycles.